The maximum Gasteiger partial charge on any atom is 0.0471 e. The summed E-state index contributed by atoms with van der Waals surface area (Å²) >= 11 is 0. The summed E-state index contributed by atoms with van der Waals surface area (Å²) in [6.07, 6.45) is 5.16. The second-order valence-electron chi connectivity index (χ2n) is 6.65. The summed E-state index contributed by atoms with van der Waals surface area (Å²) in [5, 5.41) is 3.42. The van der Waals surface area contributed by atoms with Gasteiger partial charge >= 0.3 is 0 Å². The van der Waals surface area contributed by atoms with E-state index in [1.807, 2.05) is 0 Å². The van der Waals surface area contributed by atoms with Crippen LogP contribution in [-0.4, -0.2) is 26.8 Å². The number of aryl methyl sites for hydroxylation is 1. The van der Waals surface area contributed by atoms with Crippen molar-refractivity contribution >= 4 is 0 Å². The number of nitrogens with one attached hydrogen (secondary N) is 1. The SMILES string of the molecule is CNCC1(c2cccc(C)c2)CC2(CCOCC2)C1. The van der Waals surface area contributed by atoms with E-state index in [-0.39, 0.29) is 0 Å². The van der Waals surface area contributed by atoms with Crippen molar-refractivity contribution in [3.63, 3.8) is 0 Å². The Bertz CT molecular complexity index is 440. The highest BCUT2D eigenvalue weighted by molar-refractivity contribution is 5.34. The molecule has 1 aliphatic carbocycles. The Balaban J connectivity index is 1.82. The molecule has 2 heteroatoms. The first-order valence-corrected chi connectivity index (χ1v) is 7.48. The summed E-state index contributed by atoms with van der Waals surface area (Å²) in [7, 11) is 2.08. The fourth-order valence-electron chi connectivity index (χ4n) is 4.29. The maximum atomic E-state index is 5.54. The van der Waals surface area contributed by atoms with Gasteiger partial charge in [0.1, 0.15) is 0 Å². The number of ether oxygens (including phenoxy) is 1. The van der Waals surface area contributed by atoms with Crippen LogP contribution >= 0.6 is 0 Å². The second kappa shape index (κ2) is 4.92. The molecule has 1 heterocycles. The maximum absolute atomic E-state index is 5.54. The molecule has 0 aromatic heterocycles. The second-order valence-corrected chi connectivity index (χ2v) is 6.65. The standard InChI is InChI=1S/C17H25NO/c1-14-4-3-5-15(10-14)17(13-18-2)11-16(12-17)6-8-19-9-7-16/h3-5,10,18H,6-9,11-13H2,1-2H3. The molecule has 2 nitrogen and oxygen atoms in total. The molecule has 1 N–H and O–H groups in total. The smallest absolute Gasteiger partial charge is 0.0471 e. The van der Waals surface area contributed by atoms with Crippen LogP contribution in [0, 0.1) is 12.3 Å². The van der Waals surface area contributed by atoms with E-state index in [9.17, 15) is 0 Å². The van der Waals surface area contributed by atoms with Gasteiger partial charge in [-0.1, -0.05) is 29.8 Å². The minimum Gasteiger partial charge on any atom is -0.381 e. The first-order chi connectivity index (χ1) is 9.18. The molecule has 0 atom stereocenters. The minimum absolute atomic E-state index is 0.359. The van der Waals surface area contributed by atoms with E-state index in [4.69, 9.17) is 4.74 Å². The molecular weight excluding hydrogens is 234 g/mol. The molecule has 0 amide bonds. The van der Waals surface area contributed by atoms with Gasteiger partial charge < -0.3 is 10.1 Å². The van der Waals surface area contributed by atoms with Crippen molar-refractivity contribution in [1.29, 1.82) is 0 Å². The molecular formula is C17H25NO. The molecule has 1 aromatic rings. The molecule has 0 radical (unpaired) electrons. The van der Waals surface area contributed by atoms with Crippen molar-refractivity contribution < 1.29 is 4.74 Å². The summed E-state index contributed by atoms with van der Waals surface area (Å²) < 4.78 is 5.54. The van der Waals surface area contributed by atoms with Gasteiger partial charge in [-0.3, -0.25) is 0 Å². The molecule has 1 aliphatic heterocycles. The first kappa shape index (κ1) is 13.1. The molecule has 3 rings (SSSR count). The number of benzene rings is 1. The average molecular weight is 259 g/mol. The van der Waals surface area contributed by atoms with Crippen molar-refractivity contribution in [3.05, 3.63) is 35.4 Å². The van der Waals surface area contributed by atoms with Crippen LogP contribution in [0.5, 0.6) is 0 Å². The summed E-state index contributed by atoms with van der Waals surface area (Å²) in [5.74, 6) is 0. The molecule has 19 heavy (non-hydrogen) atoms. The van der Waals surface area contributed by atoms with E-state index in [1.54, 1.807) is 0 Å². The average Bonchev–Trinajstić information content (AvgIpc) is 2.38. The van der Waals surface area contributed by atoms with Gasteiger partial charge in [0.15, 0.2) is 0 Å². The van der Waals surface area contributed by atoms with Crippen LogP contribution in [-0.2, 0) is 10.2 Å². The largest absolute Gasteiger partial charge is 0.381 e. The van der Waals surface area contributed by atoms with Crippen LogP contribution in [0.3, 0.4) is 0 Å². The summed E-state index contributed by atoms with van der Waals surface area (Å²) in [5.41, 5.74) is 3.83. The van der Waals surface area contributed by atoms with E-state index in [0.29, 0.717) is 10.8 Å². The van der Waals surface area contributed by atoms with E-state index in [1.165, 1.54) is 36.8 Å². The van der Waals surface area contributed by atoms with Crippen molar-refractivity contribution in [3.8, 4) is 0 Å². The molecule has 1 spiro atoms. The zero-order valence-electron chi connectivity index (χ0n) is 12.2. The van der Waals surface area contributed by atoms with Gasteiger partial charge in [0.05, 0.1) is 0 Å². The van der Waals surface area contributed by atoms with E-state index in [0.717, 1.165) is 19.8 Å². The number of hydrogen-bond donors (Lipinski definition) is 1. The van der Waals surface area contributed by atoms with Crippen LogP contribution < -0.4 is 5.32 Å². The minimum atomic E-state index is 0.359. The number of rotatable bonds is 3. The highest BCUT2D eigenvalue weighted by Gasteiger charge is 2.54. The van der Waals surface area contributed by atoms with Crippen molar-refractivity contribution in [2.45, 2.75) is 38.0 Å². The summed E-state index contributed by atoms with van der Waals surface area (Å²) in [4.78, 5) is 0. The van der Waals surface area contributed by atoms with Crippen LogP contribution in [0.15, 0.2) is 24.3 Å². The number of likely N-dealkylation sites (N-methyl/N-ethyl adjacent to an activating group) is 1. The van der Waals surface area contributed by atoms with E-state index >= 15 is 0 Å². The van der Waals surface area contributed by atoms with E-state index in [2.05, 4.69) is 43.6 Å². The van der Waals surface area contributed by atoms with Gasteiger partial charge in [0.25, 0.3) is 0 Å². The topological polar surface area (TPSA) is 21.3 Å². The van der Waals surface area contributed by atoms with Gasteiger partial charge in [0, 0.05) is 25.2 Å². The lowest BCUT2D eigenvalue weighted by molar-refractivity contribution is -0.0732. The molecule has 1 aromatic carbocycles. The molecule has 1 saturated carbocycles. The van der Waals surface area contributed by atoms with Crippen LogP contribution in [0.25, 0.3) is 0 Å². The highest BCUT2D eigenvalue weighted by Crippen LogP contribution is 2.60. The fourth-order valence-corrected chi connectivity index (χ4v) is 4.29. The van der Waals surface area contributed by atoms with Crippen molar-refractivity contribution in [1.82, 2.24) is 5.32 Å². The zero-order valence-corrected chi connectivity index (χ0v) is 12.2. The Morgan fingerprint density at radius 1 is 1.21 bits per heavy atom. The van der Waals surface area contributed by atoms with E-state index < -0.39 is 0 Å². The predicted octanol–water partition coefficient (Wildman–Crippen LogP) is 3.04. The quantitative estimate of drug-likeness (QED) is 0.901. The molecule has 2 fully saturated rings. The van der Waals surface area contributed by atoms with Gasteiger partial charge in [0.2, 0.25) is 0 Å². The van der Waals surface area contributed by atoms with Crippen LogP contribution in [0.1, 0.15) is 36.8 Å². The third kappa shape index (κ3) is 2.32. The molecule has 0 bridgehead atoms. The Morgan fingerprint density at radius 2 is 1.95 bits per heavy atom. The monoisotopic (exact) mass is 259 g/mol. The highest BCUT2D eigenvalue weighted by atomic mass is 16.5. The Labute approximate surface area is 116 Å². The van der Waals surface area contributed by atoms with Crippen LogP contribution in [0.4, 0.5) is 0 Å². The Morgan fingerprint density at radius 3 is 2.58 bits per heavy atom. The molecule has 2 aliphatic rings. The lowest BCUT2D eigenvalue weighted by atomic mass is 9.48. The molecule has 0 unspecified atom stereocenters. The van der Waals surface area contributed by atoms with Gasteiger partial charge in [-0.15, -0.1) is 0 Å². The van der Waals surface area contributed by atoms with Gasteiger partial charge in [-0.25, -0.2) is 0 Å². The summed E-state index contributed by atoms with van der Waals surface area (Å²) in [6.45, 7) is 5.21. The number of hydrogen-bond acceptors (Lipinski definition) is 2. The lowest BCUT2D eigenvalue weighted by Crippen LogP contribution is -2.56. The lowest BCUT2D eigenvalue weighted by Gasteiger charge is -2.58. The van der Waals surface area contributed by atoms with Gasteiger partial charge in [-0.2, -0.15) is 0 Å². The van der Waals surface area contributed by atoms with Gasteiger partial charge in [-0.05, 0) is 50.6 Å². The third-order valence-electron chi connectivity index (χ3n) is 5.13. The normalized spacial score (nSPS) is 24.1. The predicted molar refractivity (Wildman–Crippen MR) is 78.5 cm³/mol. The zero-order chi connectivity index (χ0) is 13.3. The van der Waals surface area contributed by atoms with Crippen molar-refractivity contribution in [2.24, 2.45) is 5.41 Å². The van der Waals surface area contributed by atoms with Crippen LogP contribution in [0.2, 0.25) is 0 Å². The molecule has 104 valence electrons. The Hall–Kier alpha value is -0.860. The molecule has 1 saturated heterocycles. The fraction of sp³-hybridized carbons (Fsp3) is 0.647. The first-order valence-electron chi connectivity index (χ1n) is 7.48. The van der Waals surface area contributed by atoms with Crippen molar-refractivity contribution in [2.75, 3.05) is 26.8 Å². The Kier molecular flexibility index (Phi) is 3.40. The third-order valence-corrected chi connectivity index (χ3v) is 5.13. The summed E-state index contributed by atoms with van der Waals surface area (Å²) in [6, 6.07) is 9.09.